The number of hydroxylamine groups is 4. The molecule has 3 fully saturated rings. The second-order valence-electron chi connectivity index (χ2n) is 8.21. The molecule has 2 saturated heterocycles. The Labute approximate surface area is 175 Å². The lowest BCUT2D eigenvalue weighted by Crippen LogP contribution is -2.43. The van der Waals surface area contributed by atoms with E-state index in [1.807, 2.05) is 0 Å². The fraction of sp³-hybridized carbons (Fsp3) is 0.400. The number of hydrogen-bond acceptors (Lipinski definition) is 7. The van der Waals surface area contributed by atoms with Crippen molar-refractivity contribution in [2.24, 2.45) is 29.6 Å². The van der Waals surface area contributed by atoms with Crippen LogP contribution in [0.2, 0.25) is 5.02 Å². The molecule has 0 bridgehead atoms. The molecule has 1 aromatic rings. The molecular weight excluding hydrogens is 416 g/mol. The molecule has 0 radical (unpaired) electrons. The molecule has 6 atom stereocenters. The summed E-state index contributed by atoms with van der Waals surface area (Å²) in [4.78, 5) is 50.2. The standard InChI is InChI=1S/C20H17ClN2O7/c21-13-5-7(24)1-2-9(13)14-8-3-4-10-15(19(27)22(29)17(10)25)11(8)6-12-16(14)20(28)23(30)18(12)26/h1-3,5,10-12,14-16,24,29-30H,4,6H2. The zero-order chi connectivity index (χ0) is 21.5. The first-order chi connectivity index (χ1) is 14.2. The highest BCUT2D eigenvalue weighted by Gasteiger charge is 2.62. The van der Waals surface area contributed by atoms with Gasteiger partial charge in [-0.05, 0) is 36.5 Å². The van der Waals surface area contributed by atoms with Crippen molar-refractivity contribution in [1.82, 2.24) is 10.1 Å². The third-order valence-corrected chi connectivity index (χ3v) is 7.25. The molecule has 4 amide bonds. The summed E-state index contributed by atoms with van der Waals surface area (Å²) < 4.78 is 0. The van der Waals surface area contributed by atoms with Gasteiger partial charge in [-0.3, -0.25) is 29.6 Å². The summed E-state index contributed by atoms with van der Waals surface area (Å²) in [6, 6.07) is 4.27. The Morgan fingerprint density at radius 1 is 0.867 bits per heavy atom. The van der Waals surface area contributed by atoms with Crippen LogP contribution in [-0.4, -0.2) is 49.3 Å². The minimum atomic E-state index is -0.916. The van der Waals surface area contributed by atoms with Crippen LogP contribution < -0.4 is 0 Å². The van der Waals surface area contributed by atoms with Crippen molar-refractivity contribution in [3.05, 3.63) is 40.4 Å². The number of carbonyl (C=O) groups excluding carboxylic acids is 4. The molecule has 0 spiro atoms. The number of aromatic hydroxyl groups is 1. The Balaban J connectivity index is 1.68. The smallest absolute Gasteiger partial charge is 0.258 e. The van der Waals surface area contributed by atoms with Crippen LogP contribution in [0.25, 0.3) is 0 Å². The fourth-order valence-electron chi connectivity index (χ4n) is 5.67. The second-order valence-corrected chi connectivity index (χ2v) is 8.61. The molecule has 6 unspecified atom stereocenters. The van der Waals surface area contributed by atoms with Crippen molar-refractivity contribution in [3.8, 4) is 5.75 Å². The van der Waals surface area contributed by atoms with Crippen LogP contribution in [0.4, 0.5) is 0 Å². The molecule has 1 aromatic carbocycles. The molecule has 2 heterocycles. The summed E-state index contributed by atoms with van der Waals surface area (Å²) in [6.07, 6.45) is 2.07. The average Bonchev–Trinajstić information content (AvgIpc) is 3.07. The molecule has 3 N–H and O–H groups in total. The first-order valence-electron chi connectivity index (χ1n) is 9.54. The van der Waals surface area contributed by atoms with Crippen LogP contribution in [0, 0.1) is 29.6 Å². The van der Waals surface area contributed by atoms with E-state index in [0.29, 0.717) is 11.1 Å². The van der Waals surface area contributed by atoms with Gasteiger partial charge in [-0.2, -0.15) is 10.1 Å². The largest absolute Gasteiger partial charge is 0.508 e. The van der Waals surface area contributed by atoms with Gasteiger partial charge in [-0.15, -0.1) is 0 Å². The van der Waals surface area contributed by atoms with E-state index < -0.39 is 59.1 Å². The Hall–Kier alpha value is -2.75. The Bertz CT molecular complexity index is 1050. The highest BCUT2D eigenvalue weighted by Crippen LogP contribution is 2.58. The minimum Gasteiger partial charge on any atom is -0.508 e. The number of phenolic OH excluding ortho intramolecular Hbond substituents is 1. The summed E-state index contributed by atoms with van der Waals surface area (Å²) in [7, 11) is 0. The van der Waals surface area contributed by atoms with Crippen molar-refractivity contribution >= 4 is 35.2 Å². The number of fused-ring (bicyclic) bond motifs is 4. The van der Waals surface area contributed by atoms with Gasteiger partial charge in [0.1, 0.15) is 5.75 Å². The molecule has 9 nitrogen and oxygen atoms in total. The van der Waals surface area contributed by atoms with E-state index >= 15 is 0 Å². The third-order valence-electron chi connectivity index (χ3n) is 6.92. The molecule has 156 valence electrons. The van der Waals surface area contributed by atoms with E-state index in [1.165, 1.54) is 12.1 Å². The summed E-state index contributed by atoms with van der Waals surface area (Å²) in [5, 5.41) is 30.0. The average molecular weight is 433 g/mol. The highest BCUT2D eigenvalue weighted by atomic mass is 35.5. The molecule has 0 aromatic heterocycles. The van der Waals surface area contributed by atoms with Gasteiger partial charge in [0.25, 0.3) is 23.6 Å². The zero-order valence-corrected chi connectivity index (χ0v) is 16.2. The van der Waals surface area contributed by atoms with E-state index in [0.717, 1.165) is 0 Å². The van der Waals surface area contributed by atoms with E-state index in [4.69, 9.17) is 11.6 Å². The molecular formula is C20H17ClN2O7. The van der Waals surface area contributed by atoms with Gasteiger partial charge in [0.2, 0.25) is 0 Å². The normalized spacial score (nSPS) is 35.4. The van der Waals surface area contributed by atoms with Crippen LogP contribution >= 0.6 is 11.6 Å². The maximum Gasteiger partial charge on any atom is 0.258 e. The molecule has 10 heteroatoms. The number of carbonyl (C=O) groups is 4. The lowest BCUT2D eigenvalue weighted by Gasteiger charge is -2.44. The third kappa shape index (κ3) is 2.36. The fourth-order valence-corrected chi connectivity index (χ4v) is 5.96. The summed E-state index contributed by atoms with van der Waals surface area (Å²) in [6.45, 7) is 0. The van der Waals surface area contributed by atoms with Crippen LogP contribution in [0.15, 0.2) is 29.8 Å². The van der Waals surface area contributed by atoms with Gasteiger partial charge in [0.15, 0.2) is 0 Å². The van der Waals surface area contributed by atoms with Crippen molar-refractivity contribution < 1.29 is 34.7 Å². The Kier molecular flexibility index (Phi) is 4.08. The monoisotopic (exact) mass is 432 g/mol. The number of rotatable bonds is 1. The minimum absolute atomic E-state index is 0.0737. The number of benzene rings is 1. The molecule has 4 aliphatic rings. The molecule has 2 aliphatic carbocycles. The van der Waals surface area contributed by atoms with Gasteiger partial charge in [-0.1, -0.05) is 29.3 Å². The first-order valence-corrected chi connectivity index (χ1v) is 9.92. The summed E-state index contributed by atoms with van der Waals surface area (Å²) in [5.74, 6) is -7.68. The van der Waals surface area contributed by atoms with E-state index in [-0.39, 0.29) is 33.7 Å². The highest BCUT2D eigenvalue weighted by molar-refractivity contribution is 6.31. The van der Waals surface area contributed by atoms with E-state index in [1.54, 1.807) is 12.1 Å². The number of allylic oxidation sites excluding steroid dienone is 2. The SMILES string of the molecule is O=C1C2CC=C3C(CC4C(=O)N(O)C(=O)C4C3c3ccc(O)cc3Cl)C2C(=O)N1O. The van der Waals surface area contributed by atoms with Crippen molar-refractivity contribution in [3.63, 3.8) is 0 Å². The molecule has 2 aliphatic heterocycles. The number of amides is 4. The summed E-state index contributed by atoms with van der Waals surface area (Å²) >= 11 is 6.36. The predicted molar refractivity (Wildman–Crippen MR) is 97.9 cm³/mol. The zero-order valence-electron chi connectivity index (χ0n) is 15.4. The molecule has 5 rings (SSSR count). The quantitative estimate of drug-likeness (QED) is 0.347. The molecule has 1 saturated carbocycles. The van der Waals surface area contributed by atoms with Crippen molar-refractivity contribution in [2.45, 2.75) is 18.8 Å². The molecule has 30 heavy (non-hydrogen) atoms. The van der Waals surface area contributed by atoms with Gasteiger partial charge < -0.3 is 5.11 Å². The topological polar surface area (TPSA) is 135 Å². The maximum atomic E-state index is 12.7. The second kappa shape index (κ2) is 6.37. The number of phenols is 1. The first kappa shape index (κ1) is 19.2. The summed E-state index contributed by atoms with van der Waals surface area (Å²) in [5.41, 5.74) is 1.16. The van der Waals surface area contributed by atoms with Crippen LogP contribution in [0.5, 0.6) is 5.75 Å². The van der Waals surface area contributed by atoms with Crippen LogP contribution in [-0.2, 0) is 19.2 Å². The van der Waals surface area contributed by atoms with Gasteiger partial charge >= 0.3 is 0 Å². The number of imide groups is 2. The van der Waals surface area contributed by atoms with Gasteiger partial charge in [-0.25, -0.2) is 0 Å². The lowest BCUT2D eigenvalue weighted by atomic mass is 9.57. The lowest BCUT2D eigenvalue weighted by molar-refractivity contribution is -0.174. The maximum absolute atomic E-state index is 12.7. The van der Waals surface area contributed by atoms with Crippen LogP contribution in [0.3, 0.4) is 0 Å². The van der Waals surface area contributed by atoms with Crippen molar-refractivity contribution in [2.75, 3.05) is 0 Å². The van der Waals surface area contributed by atoms with E-state index in [9.17, 15) is 34.7 Å². The Morgan fingerprint density at radius 2 is 1.50 bits per heavy atom. The van der Waals surface area contributed by atoms with Crippen molar-refractivity contribution in [1.29, 1.82) is 0 Å². The van der Waals surface area contributed by atoms with Gasteiger partial charge in [0.05, 0.1) is 23.7 Å². The van der Waals surface area contributed by atoms with Gasteiger partial charge in [0, 0.05) is 10.9 Å². The van der Waals surface area contributed by atoms with Crippen LogP contribution in [0.1, 0.15) is 24.3 Å². The Morgan fingerprint density at radius 3 is 2.17 bits per heavy atom. The predicted octanol–water partition coefficient (Wildman–Crippen LogP) is 1.46. The number of nitrogens with zero attached hydrogens (tertiary/aromatic N) is 2. The number of hydrogen-bond donors (Lipinski definition) is 3. The van der Waals surface area contributed by atoms with E-state index in [2.05, 4.69) is 0 Å². The number of halogens is 1.